The van der Waals surface area contributed by atoms with Crippen LogP contribution in [0.4, 0.5) is 0 Å². The zero-order valence-electron chi connectivity index (χ0n) is 47.1. The molecule has 69 heavy (non-hydrogen) atoms. The van der Waals surface area contributed by atoms with Crippen LogP contribution in [0.5, 0.6) is 5.75 Å². The fraction of sp³-hybridized carbons (Fsp3) is 0.897. The predicted octanol–water partition coefficient (Wildman–Crippen LogP) is 12.5. The van der Waals surface area contributed by atoms with Crippen molar-refractivity contribution in [2.75, 3.05) is 140 Å². The monoisotopic (exact) mass is 983 g/mol. The van der Waals surface area contributed by atoms with Gasteiger partial charge >= 0.3 is 0 Å². The average molecular weight is 984 g/mol. The van der Waals surface area contributed by atoms with Gasteiger partial charge in [0.25, 0.3) is 0 Å². The molecule has 11 heteroatoms. The molecular weight excluding hydrogens is 873 g/mol. The Hall–Kier alpha value is -1.38. The van der Waals surface area contributed by atoms with E-state index in [2.05, 4.69) is 94.4 Å². The maximum atomic E-state index is 6.01. The Morgan fingerprint density at radius 1 is 0.493 bits per heavy atom. The topological polar surface area (TPSA) is 102 Å². The minimum Gasteiger partial charge on any atom is -0.491 e. The molecule has 4 rings (SSSR count). The lowest BCUT2D eigenvalue weighted by molar-refractivity contribution is 0.00787. The first kappa shape index (κ1) is 65.6. The van der Waals surface area contributed by atoms with E-state index >= 15 is 0 Å². The van der Waals surface area contributed by atoms with E-state index in [1.165, 1.54) is 44.1 Å². The molecule has 0 saturated heterocycles. The molecule has 3 aliphatic carbocycles. The molecule has 0 aliphatic heterocycles. The number of ether oxygens (including phenoxy) is 11. The average Bonchev–Trinajstić information content (AvgIpc) is 3.63. The molecule has 0 N–H and O–H groups in total. The van der Waals surface area contributed by atoms with Crippen molar-refractivity contribution in [3.63, 3.8) is 0 Å². The zero-order valence-corrected chi connectivity index (χ0v) is 47.1. The molecule has 2 fully saturated rings. The van der Waals surface area contributed by atoms with E-state index in [1.807, 2.05) is 0 Å². The molecule has 0 heterocycles. The Morgan fingerprint density at radius 3 is 1.32 bits per heavy atom. The molecule has 0 amide bonds. The summed E-state index contributed by atoms with van der Waals surface area (Å²) in [6, 6.07) is 6.87. The maximum absolute atomic E-state index is 6.01. The Bertz CT molecular complexity index is 1280. The standard InChI is InChI=1S/C30H48O4.C10H22O3.C10H22O2.C8H18O2/c1-22(2)12-14-31-15-16-32-17-18-33-19-20-34-25-7-9-26-24(21-25)6-8-28-27(26)11-13-30(4)23(3)5-10-29(28)30;1-10(2)4-5-12-8-9-13-7-6-11-3;1-4-6-11-8-9-12-7-5-10(2)3;1-8(2)4-5-10-7-6-9-3/h7,9,21-23,27-29H,5-6,8,10-20H2,1-4H3;10H,4-9H2,1-3H3;10H,4-9H2,1-3H3;8H,4-7H2,1-3H3/t23-,27+,28+,29-,30+;;;/m0.../s1. The van der Waals surface area contributed by atoms with Crippen LogP contribution in [0.1, 0.15) is 157 Å². The molecule has 3 aliphatic rings. The van der Waals surface area contributed by atoms with E-state index in [-0.39, 0.29) is 0 Å². The van der Waals surface area contributed by atoms with Crippen molar-refractivity contribution in [3.8, 4) is 5.75 Å². The van der Waals surface area contributed by atoms with Crippen molar-refractivity contribution in [3.05, 3.63) is 29.3 Å². The minimum atomic E-state index is 0.585. The fourth-order valence-electron chi connectivity index (χ4n) is 9.12. The second-order valence-corrected chi connectivity index (χ2v) is 21.3. The summed E-state index contributed by atoms with van der Waals surface area (Å²) in [5.41, 5.74) is 3.73. The van der Waals surface area contributed by atoms with Crippen LogP contribution in [-0.4, -0.2) is 140 Å². The van der Waals surface area contributed by atoms with Gasteiger partial charge in [0.1, 0.15) is 12.4 Å². The van der Waals surface area contributed by atoms with Crippen molar-refractivity contribution >= 4 is 0 Å². The van der Waals surface area contributed by atoms with Crippen molar-refractivity contribution in [2.24, 2.45) is 46.8 Å². The van der Waals surface area contributed by atoms with Crippen LogP contribution in [-0.2, 0) is 53.8 Å². The summed E-state index contributed by atoms with van der Waals surface area (Å²) >= 11 is 0. The molecule has 5 atom stereocenters. The summed E-state index contributed by atoms with van der Waals surface area (Å²) in [7, 11) is 3.36. The second-order valence-electron chi connectivity index (χ2n) is 21.3. The van der Waals surface area contributed by atoms with Gasteiger partial charge in [0.05, 0.1) is 85.9 Å². The number of benzene rings is 1. The fourth-order valence-corrected chi connectivity index (χ4v) is 9.12. The first-order chi connectivity index (χ1) is 33.3. The summed E-state index contributed by atoms with van der Waals surface area (Å²) in [6.07, 6.45) is 13.8. The molecule has 1 aromatic carbocycles. The maximum Gasteiger partial charge on any atom is 0.119 e. The summed E-state index contributed by atoms with van der Waals surface area (Å²) in [6.45, 7) is 38.3. The number of hydrogen-bond donors (Lipinski definition) is 0. The van der Waals surface area contributed by atoms with E-state index < -0.39 is 0 Å². The van der Waals surface area contributed by atoms with Gasteiger partial charge in [0, 0.05) is 47.3 Å². The molecule has 1 aromatic rings. The second kappa shape index (κ2) is 43.1. The van der Waals surface area contributed by atoms with Crippen molar-refractivity contribution < 1.29 is 52.1 Å². The van der Waals surface area contributed by atoms with E-state index in [1.54, 1.807) is 19.8 Å². The number of methoxy groups -OCH3 is 2. The molecule has 0 bridgehead atoms. The van der Waals surface area contributed by atoms with Gasteiger partial charge in [-0.05, 0) is 147 Å². The molecular formula is C58H110O11. The lowest BCUT2D eigenvalue weighted by Gasteiger charge is -2.50. The lowest BCUT2D eigenvalue weighted by Crippen LogP contribution is -2.41. The normalized spacial score (nSPS) is 20.4. The van der Waals surface area contributed by atoms with E-state index in [0.29, 0.717) is 84.0 Å². The minimum absolute atomic E-state index is 0.585. The third kappa shape index (κ3) is 32.4. The van der Waals surface area contributed by atoms with Gasteiger partial charge in [-0.1, -0.05) is 82.2 Å². The Kier molecular flexibility index (Phi) is 41.0. The zero-order chi connectivity index (χ0) is 51.0. The molecule has 11 nitrogen and oxygen atoms in total. The third-order valence-corrected chi connectivity index (χ3v) is 13.7. The van der Waals surface area contributed by atoms with Crippen LogP contribution in [0, 0.1) is 46.8 Å². The van der Waals surface area contributed by atoms with Crippen molar-refractivity contribution in [1.29, 1.82) is 0 Å². The van der Waals surface area contributed by atoms with E-state index in [9.17, 15) is 0 Å². The number of fused-ring (bicyclic) bond motifs is 5. The number of aryl methyl sites for hydroxylation is 1. The summed E-state index contributed by atoms with van der Waals surface area (Å²) in [5, 5.41) is 0. The first-order valence-corrected chi connectivity index (χ1v) is 27.7. The van der Waals surface area contributed by atoms with Gasteiger partial charge in [-0.15, -0.1) is 0 Å². The van der Waals surface area contributed by atoms with Gasteiger partial charge < -0.3 is 52.1 Å². The highest BCUT2D eigenvalue weighted by atomic mass is 16.6. The van der Waals surface area contributed by atoms with Crippen molar-refractivity contribution in [1.82, 2.24) is 0 Å². The van der Waals surface area contributed by atoms with Gasteiger partial charge in [0.2, 0.25) is 0 Å². The molecule has 0 unspecified atom stereocenters. The molecule has 0 radical (unpaired) electrons. The van der Waals surface area contributed by atoms with Crippen LogP contribution in [0.15, 0.2) is 18.2 Å². The highest BCUT2D eigenvalue weighted by Gasteiger charge is 2.53. The molecule has 0 spiro atoms. The highest BCUT2D eigenvalue weighted by Crippen LogP contribution is 2.62. The predicted molar refractivity (Wildman–Crippen MR) is 284 cm³/mol. The first-order valence-electron chi connectivity index (χ1n) is 27.7. The Morgan fingerprint density at radius 2 is 0.899 bits per heavy atom. The quantitative estimate of drug-likeness (QED) is 0.0601. The summed E-state index contributed by atoms with van der Waals surface area (Å²) in [5.74, 6) is 7.37. The molecule has 0 aromatic heterocycles. The largest absolute Gasteiger partial charge is 0.491 e. The third-order valence-electron chi connectivity index (χ3n) is 13.7. The van der Waals surface area contributed by atoms with Crippen LogP contribution >= 0.6 is 0 Å². The smallest absolute Gasteiger partial charge is 0.119 e. The van der Waals surface area contributed by atoms with Gasteiger partial charge in [-0.2, -0.15) is 0 Å². The Labute approximate surface area is 425 Å². The van der Waals surface area contributed by atoms with Crippen LogP contribution in [0.25, 0.3) is 0 Å². The van der Waals surface area contributed by atoms with Crippen LogP contribution in [0.2, 0.25) is 0 Å². The summed E-state index contributed by atoms with van der Waals surface area (Å²) in [4.78, 5) is 0. The van der Waals surface area contributed by atoms with Gasteiger partial charge in [-0.3, -0.25) is 0 Å². The van der Waals surface area contributed by atoms with Crippen molar-refractivity contribution in [2.45, 2.75) is 153 Å². The highest BCUT2D eigenvalue weighted by molar-refractivity contribution is 5.40. The van der Waals surface area contributed by atoms with E-state index in [4.69, 9.17) is 52.1 Å². The van der Waals surface area contributed by atoms with E-state index in [0.717, 1.165) is 132 Å². The number of hydrogen-bond acceptors (Lipinski definition) is 11. The number of rotatable bonds is 36. The van der Waals surface area contributed by atoms with Gasteiger partial charge in [-0.25, -0.2) is 0 Å². The molecule has 2 saturated carbocycles. The molecule has 408 valence electrons. The Balaban J connectivity index is 0.000000558. The SMILES string of the molecule is CC(C)CCOCCOCCOCCOc1ccc2c(c1)CC[C@@H]1[C@@H]2CC[C@]2(C)[C@@H](C)CC[C@@H]12.CCCOCCOCCC(C)C.COCCOCCC(C)C.COCCOCCOCCC(C)C. The lowest BCUT2D eigenvalue weighted by atomic mass is 9.54. The summed E-state index contributed by atoms with van der Waals surface area (Å²) < 4.78 is 58.9. The van der Waals surface area contributed by atoms with Crippen LogP contribution < -0.4 is 4.74 Å². The van der Waals surface area contributed by atoms with Crippen LogP contribution in [0.3, 0.4) is 0 Å². The van der Waals surface area contributed by atoms with Gasteiger partial charge in [0.15, 0.2) is 0 Å².